The molecular weight excluding hydrogens is 240 g/mol. The van der Waals surface area contributed by atoms with Crippen LogP contribution in [0.2, 0.25) is 0 Å². The van der Waals surface area contributed by atoms with E-state index in [-0.39, 0.29) is 5.56 Å². The highest BCUT2D eigenvalue weighted by atomic mass is 16.4. The topological polar surface area (TPSA) is 62.2 Å². The minimum Gasteiger partial charge on any atom is -0.478 e. The van der Waals surface area contributed by atoms with Gasteiger partial charge in [0.2, 0.25) is 0 Å². The molecule has 2 N–H and O–H groups in total. The van der Waals surface area contributed by atoms with E-state index in [0.717, 1.165) is 6.42 Å². The lowest BCUT2D eigenvalue weighted by Crippen LogP contribution is -2.09. The van der Waals surface area contributed by atoms with Crippen LogP contribution in [-0.2, 0) is 0 Å². The van der Waals surface area contributed by atoms with E-state index in [4.69, 9.17) is 5.11 Å². The molecule has 1 fully saturated rings. The first-order chi connectivity index (χ1) is 9.25. The Morgan fingerprint density at radius 1 is 1.26 bits per heavy atom. The smallest absolute Gasteiger partial charge is 0.337 e. The first kappa shape index (κ1) is 11.7. The van der Waals surface area contributed by atoms with Gasteiger partial charge in [0, 0.05) is 18.2 Å². The molecule has 3 rings (SSSR count). The quantitative estimate of drug-likeness (QED) is 0.880. The van der Waals surface area contributed by atoms with Crippen LogP contribution in [0.5, 0.6) is 0 Å². The summed E-state index contributed by atoms with van der Waals surface area (Å²) in [7, 11) is 0. The molecule has 1 aliphatic rings. The zero-order valence-corrected chi connectivity index (χ0v) is 10.3. The summed E-state index contributed by atoms with van der Waals surface area (Å²) in [5.74, 6) is -0.468. The molecule has 4 nitrogen and oxygen atoms in total. The molecule has 2 aromatic rings. The summed E-state index contributed by atoms with van der Waals surface area (Å²) in [5.41, 5.74) is 2.16. The molecule has 1 saturated carbocycles. The van der Waals surface area contributed by atoms with Crippen molar-refractivity contribution in [3.8, 4) is 0 Å². The van der Waals surface area contributed by atoms with Gasteiger partial charge in [-0.25, -0.2) is 4.79 Å². The van der Waals surface area contributed by atoms with Crippen LogP contribution < -0.4 is 5.32 Å². The highest BCUT2D eigenvalue weighted by Crippen LogP contribution is 2.42. The molecular formula is C15H14N2O2. The van der Waals surface area contributed by atoms with Crippen LogP contribution in [-0.4, -0.2) is 22.1 Å². The number of carboxylic acids is 1. The molecule has 0 aliphatic heterocycles. The van der Waals surface area contributed by atoms with Crippen molar-refractivity contribution in [1.82, 2.24) is 4.98 Å². The number of nitrogens with zero attached hydrogens (tertiary/aromatic N) is 1. The van der Waals surface area contributed by atoms with Crippen molar-refractivity contribution in [2.24, 2.45) is 0 Å². The first-order valence-electron chi connectivity index (χ1n) is 6.24. The number of aromatic nitrogens is 1. The van der Waals surface area contributed by atoms with Gasteiger partial charge < -0.3 is 10.4 Å². The number of carbonyl (C=O) groups is 1. The fourth-order valence-corrected chi connectivity index (χ4v) is 2.32. The van der Waals surface area contributed by atoms with E-state index in [2.05, 4.69) is 22.4 Å². The minimum atomic E-state index is -0.929. The summed E-state index contributed by atoms with van der Waals surface area (Å²) >= 11 is 0. The van der Waals surface area contributed by atoms with Gasteiger partial charge in [-0.2, -0.15) is 0 Å². The molecule has 0 radical (unpaired) electrons. The summed E-state index contributed by atoms with van der Waals surface area (Å²) < 4.78 is 0. The van der Waals surface area contributed by atoms with Crippen LogP contribution in [0.15, 0.2) is 48.8 Å². The number of aromatic carboxylic acids is 1. The van der Waals surface area contributed by atoms with Gasteiger partial charge in [0.15, 0.2) is 0 Å². The predicted molar refractivity (Wildman–Crippen MR) is 72.4 cm³/mol. The average Bonchev–Trinajstić information content (AvgIpc) is 3.19. The Kier molecular flexibility index (Phi) is 2.91. The van der Waals surface area contributed by atoms with Gasteiger partial charge in [-0.15, -0.1) is 0 Å². The third kappa shape index (κ3) is 2.42. The van der Waals surface area contributed by atoms with Crippen LogP contribution in [0.25, 0.3) is 0 Å². The summed E-state index contributed by atoms with van der Waals surface area (Å²) in [6.45, 7) is 0. The van der Waals surface area contributed by atoms with E-state index >= 15 is 0 Å². The largest absolute Gasteiger partial charge is 0.478 e. The second-order valence-corrected chi connectivity index (χ2v) is 4.73. The predicted octanol–water partition coefficient (Wildman–Crippen LogP) is 2.75. The average molecular weight is 254 g/mol. The molecule has 96 valence electrons. The van der Waals surface area contributed by atoms with E-state index in [1.807, 2.05) is 18.2 Å². The van der Waals surface area contributed by atoms with Gasteiger partial charge >= 0.3 is 5.97 Å². The van der Waals surface area contributed by atoms with Gasteiger partial charge in [0.05, 0.1) is 17.4 Å². The molecule has 2 unspecified atom stereocenters. The molecule has 0 spiro atoms. The third-order valence-electron chi connectivity index (χ3n) is 3.41. The van der Waals surface area contributed by atoms with Crippen LogP contribution in [0.3, 0.4) is 0 Å². The molecule has 0 bridgehead atoms. The molecule has 4 heteroatoms. The van der Waals surface area contributed by atoms with E-state index < -0.39 is 5.97 Å². The Balaban J connectivity index is 1.73. The van der Waals surface area contributed by atoms with Crippen LogP contribution >= 0.6 is 0 Å². The van der Waals surface area contributed by atoms with E-state index in [9.17, 15) is 4.79 Å². The lowest BCUT2D eigenvalue weighted by Gasteiger charge is -2.08. The number of carboxylic acid groups (broad SMARTS) is 1. The fourth-order valence-electron chi connectivity index (χ4n) is 2.32. The Morgan fingerprint density at radius 3 is 2.79 bits per heavy atom. The second kappa shape index (κ2) is 4.72. The Morgan fingerprint density at radius 2 is 2.05 bits per heavy atom. The molecule has 0 amide bonds. The van der Waals surface area contributed by atoms with Gasteiger partial charge in [0.25, 0.3) is 0 Å². The van der Waals surface area contributed by atoms with Crippen LogP contribution in [0.1, 0.15) is 28.3 Å². The number of pyridine rings is 1. The lowest BCUT2D eigenvalue weighted by molar-refractivity contribution is 0.0698. The number of rotatable bonds is 4. The second-order valence-electron chi connectivity index (χ2n) is 4.73. The molecule has 1 aliphatic carbocycles. The maximum absolute atomic E-state index is 11.1. The SMILES string of the molecule is O=C(O)c1ccncc1NC1CC1c1ccccc1. The number of anilines is 1. The molecule has 0 saturated heterocycles. The van der Waals surface area contributed by atoms with Gasteiger partial charge in [-0.3, -0.25) is 4.98 Å². The van der Waals surface area contributed by atoms with Crippen molar-refractivity contribution in [2.45, 2.75) is 18.4 Å². The van der Waals surface area contributed by atoms with Gasteiger partial charge in [0.1, 0.15) is 0 Å². The molecule has 1 aromatic carbocycles. The van der Waals surface area contributed by atoms with Crippen LogP contribution in [0, 0.1) is 0 Å². The number of hydrogen-bond acceptors (Lipinski definition) is 3. The van der Waals surface area contributed by atoms with Crippen molar-refractivity contribution >= 4 is 11.7 Å². The third-order valence-corrected chi connectivity index (χ3v) is 3.41. The lowest BCUT2D eigenvalue weighted by atomic mass is 10.1. The highest BCUT2D eigenvalue weighted by molar-refractivity contribution is 5.94. The van der Waals surface area contributed by atoms with Crippen LogP contribution in [0.4, 0.5) is 5.69 Å². The van der Waals surface area contributed by atoms with Crippen molar-refractivity contribution in [2.75, 3.05) is 5.32 Å². The van der Waals surface area contributed by atoms with E-state index in [1.54, 1.807) is 6.20 Å². The number of hydrogen-bond donors (Lipinski definition) is 2. The van der Waals surface area contributed by atoms with E-state index in [0.29, 0.717) is 17.6 Å². The Labute approximate surface area is 111 Å². The van der Waals surface area contributed by atoms with Crippen molar-refractivity contribution in [3.63, 3.8) is 0 Å². The standard InChI is InChI=1S/C15H14N2O2/c18-15(19)11-6-7-16-9-14(11)17-13-8-12(13)10-4-2-1-3-5-10/h1-7,9,12-13,17H,8H2,(H,18,19). The summed E-state index contributed by atoms with van der Waals surface area (Å²) in [4.78, 5) is 15.1. The number of nitrogens with one attached hydrogen (secondary N) is 1. The molecule has 1 aromatic heterocycles. The Bertz CT molecular complexity index is 598. The summed E-state index contributed by atoms with van der Waals surface area (Å²) in [6, 6.07) is 12.1. The van der Waals surface area contributed by atoms with Crippen molar-refractivity contribution in [1.29, 1.82) is 0 Å². The molecule has 1 heterocycles. The maximum Gasteiger partial charge on any atom is 0.337 e. The summed E-state index contributed by atoms with van der Waals surface area (Å²) in [6.07, 6.45) is 4.10. The van der Waals surface area contributed by atoms with Gasteiger partial charge in [-0.1, -0.05) is 30.3 Å². The zero-order chi connectivity index (χ0) is 13.2. The first-order valence-corrected chi connectivity index (χ1v) is 6.24. The monoisotopic (exact) mass is 254 g/mol. The Hall–Kier alpha value is -2.36. The van der Waals surface area contributed by atoms with Gasteiger partial charge in [-0.05, 0) is 18.1 Å². The van der Waals surface area contributed by atoms with E-state index in [1.165, 1.54) is 17.8 Å². The van der Waals surface area contributed by atoms with Crippen molar-refractivity contribution < 1.29 is 9.90 Å². The molecule has 2 atom stereocenters. The summed E-state index contributed by atoms with van der Waals surface area (Å²) in [5, 5.41) is 12.4. The minimum absolute atomic E-state index is 0.272. The fraction of sp³-hybridized carbons (Fsp3) is 0.200. The normalized spacial score (nSPS) is 20.8. The number of benzene rings is 1. The zero-order valence-electron chi connectivity index (χ0n) is 10.3. The highest BCUT2D eigenvalue weighted by Gasteiger charge is 2.38. The van der Waals surface area contributed by atoms with Crippen molar-refractivity contribution in [3.05, 3.63) is 59.9 Å². The maximum atomic E-state index is 11.1. The molecule has 19 heavy (non-hydrogen) atoms.